The maximum Gasteiger partial charge on any atom is 0.264 e. The van der Waals surface area contributed by atoms with E-state index in [1.165, 1.54) is 23.1 Å². The van der Waals surface area contributed by atoms with Crippen molar-refractivity contribution in [2.45, 2.75) is 0 Å². The second-order valence-electron chi connectivity index (χ2n) is 9.97. The Hall–Kier alpha value is -4.04. The predicted molar refractivity (Wildman–Crippen MR) is 168 cm³/mol. The Balaban J connectivity index is 0.911. The van der Waals surface area contributed by atoms with Gasteiger partial charge in [0.05, 0.1) is 27.9 Å². The average molecular weight is 603 g/mol. The van der Waals surface area contributed by atoms with Crippen LogP contribution in [0.4, 0.5) is 5.13 Å². The normalized spacial score (nSPS) is 19.4. The van der Waals surface area contributed by atoms with Crippen LogP contribution >= 0.6 is 23.1 Å². The van der Waals surface area contributed by atoms with Crippen molar-refractivity contribution in [3.05, 3.63) is 73.9 Å². The zero-order valence-electron chi connectivity index (χ0n) is 22.7. The molecule has 2 saturated heterocycles. The SMILES string of the molecule is O=C1NC(=NCCN2CCN(CCNc3nc(O)c(/C=c4/ccc5c(c4)C=NN=5)s3)CC2)S/C1=C\c1ccc(O)cc1. The molecule has 1 amide bonds. The molecule has 0 atom stereocenters. The summed E-state index contributed by atoms with van der Waals surface area (Å²) < 4.78 is 0. The van der Waals surface area contributed by atoms with Crippen LogP contribution in [0.2, 0.25) is 0 Å². The van der Waals surface area contributed by atoms with E-state index in [1.54, 1.807) is 36.6 Å². The van der Waals surface area contributed by atoms with Crippen molar-refractivity contribution in [1.29, 1.82) is 0 Å². The lowest BCUT2D eigenvalue weighted by atomic mass is 10.2. The van der Waals surface area contributed by atoms with E-state index in [9.17, 15) is 15.0 Å². The molecule has 6 rings (SSSR count). The fourth-order valence-electron chi connectivity index (χ4n) is 4.73. The van der Waals surface area contributed by atoms with Crippen LogP contribution in [0.3, 0.4) is 0 Å². The van der Waals surface area contributed by atoms with Gasteiger partial charge in [0.25, 0.3) is 5.91 Å². The number of amides is 1. The first-order valence-electron chi connectivity index (χ1n) is 13.6. The molecule has 3 aliphatic rings. The fourth-order valence-corrected chi connectivity index (χ4v) is 6.42. The summed E-state index contributed by atoms with van der Waals surface area (Å²) in [6.45, 7) is 6.97. The molecule has 0 spiro atoms. The van der Waals surface area contributed by atoms with Gasteiger partial charge < -0.3 is 20.8 Å². The molecule has 216 valence electrons. The van der Waals surface area contributed by atoms with E-state index >= 15 is 0 Å². The van der Waals surface area contributed by atoms with Crippen molar-refractivity contribution >= 4 is 57.7 Å². The number of carbonyl (C=O) groups is 1. The molecule has 4 heterocycles. The lowest BCUT2D eigenvalue weighted by Crippen LogP contribution is -2.48. The van der Waals surface area contributed by atoms with E-state index in [0.29, 0.717) is 26.6 Å². The molecule has 0 aliphatic carbocycles. The maximum absolute atomic E-state index is 12.3. The molecular weight excluding hydrogens is 573 g/mol. The Kier molecular flexibility index (Phi) is 8.60. The van der Waals surface area contributed by atoms with Gasteiger partial charge in [0.15, 0.2) is 10.3 Å². The average Bonchev–Trinajstić information content (AvgIpc) is 3.69. The quantitative estimate of drug-likeness (QED) is 0.271. The molecule has 42 heavy (non-hydrogen) atoms. The second kappa shape index (κ2) is 12.9. The maximum atomic E-state index is 12.3. The van der Waals surface area contributed by atoms with Crippen LogP contribution in [0.15, 0.2) is 62.6 Å². The summed E-state index contributed by atoms with van der Waals surface area (Å²) >= 11 is 2.77. The van der Waals surface area contributed by atoms with Gasteiger partial charge in [0.2, 0.25) is 5.88 Å². The molecular formula is C29H30N8O3S2. The number of carbonyl (C=O) groups excluding carboxylic acids is 1. The van der Waals surface area contributed by atoms with Gasteiger partial charge in [-0.25, -0.2) is 0 Å². The first-order chi connectivity index (χ1) is 20.5. The minimum atomic E-state index is -0.150. The second-order valence-corrected chi connectivity index (χ2v) is 12.0. The molecule has 4 N–H and O–H groups in total. The first-order valence-corrected chi connectivity index (χ1v) is 15.3. The minimum Gasteiger partial charge on any atom is -0.508 e. The molecule has 1 aromatic heterocycles. The highest BCUT2D eigenvalue weighted by Crippen LogP contribution is 2.28. The molecule has 0 unspecified atom stereocenters. The van der Waals surface area contributed by atoms with E-state index in [1.807, 2.05) is 24.3 Å². The first kappa shape index (κ1) is 28.1. The molecule has 2 aromatic carbocycles. The number of anilines is 1. The van der Waals surface area contributed by atoms with Crippen LogP contribution in [-0.2, 0) is 4.79 Å². The minimum absolute atomic E-state index is 0.0266. The third kappa shape index (κ3) is 7.05. The summed E-state index contributed by atoms with van der Waals surface area (Å²) in [6.07, 6.45) is 5.44. The van der Waals surface area contributed by atoms with Crippen LogP contribution < -0.4 is 21.2 Å². The lowest BCUT2D eigenvalue weighted by molar-refractivity contribution is -0.115. The highest BCUT2D eigenvalue weighted by atomic mass is 32.2. The van der Waals surface area contributed by atoms with Crippen LogP contribution in [0.25, 0.3) is 12.2 Å². The number of hydrogen-bond acceptors (Lipinski definition) is 12. The van der Waals surface area contributed by atoms with Crippen molar-refractivity contribution in [3.63, 3.8) is 0 Å². The highest BCUT2D eigenvalue weighted by molar-refractivity contribution is 8.18. The van der Waals surface area contributed by atoms with Crippen molar-refractivity contribution < 1.29 is 15.0 Å². The Morgan fingerprint density at radius 3 is 2.62 bits per heavy atom. The summed E-state index contributed by atoms with van der Waals surface area (Å²) in [5.74, 6) is 0.0715. The summed E-state index contributed by atoms with van der Waals surface area (Å²) in [6, 6.07) is 12.6. The number of phenols is 1. The topological polar surface area (TPSA) is 138 Å². The Morgan fingerprint density at radius 1 is 1.02 bits per heavy atom. The van der Waals surface area contributed by atoms with E-state index in [2.05, 4.69) is 40.6 Å². The lowest BCUT2D eigenvalue weighted by Gasteiger charge is -2.34. The number of rotatable bonds is 9. The molecule has 0 bridgehead atoms. The van der Waals surface area contributed by atoms with Gasteiger partial charge in [-0.3, -0.25) is 19.6 Å². The van der Waals surface area contributed by atoms with E-state index in [-0.39, 0.29) is 17.5 Å². The third-order valence-electron chi connectivity index (χ3n) is 7.03. The van der Waals surface area contributed by atoms with Crippen LogP contribution in [0, 0.1) is 0 Å². The molecule has 13 heteroatoms. The highest BCUT2D eigenvalue weighted by Gasteiger charge is 2.24. The number of hydrogen-bond donors (Lipinski definition) is 4. The smallest absolute Gasteiger partial charge is 0.264 e. The summed E-state index contributed by atoms with van der Waals surface area (Å²) in [7, 11) is 0. The molecule has 0 radical (unpaired) electrons. The number of amidine groups is 1. The third-order valence-corrected chi connectivity index (χ3v) is 8.93. The van der Waals surface area contributed by atoms with Gasteiger partial charge >= 0.3 is 0 Å². The predicted octanol–water partition coefficient (Wildman–Crippen LogP) is 1.64. The van der Waals surface area contributed by atoms with Crippen LogP contribution in [0.5, 0.6) is 11.6 Å². The number of thioether (sulfide) groups is 1. The number of fused-ring (bicyclic) bond motifs is 1. The van der Waals surface area contributed by atoms with Crippen molar-refractivity contribution in [1.82, 2.24) is 20.1 Å². The summed E-state index contributed by atoms with van der Waals surface area (Å²) in [5.41, 5.74) is 1.82. The van der Waals surface area contributed by atoms with Gasteiger partial charge in [-0.2, -0.15) is 15.2 Å². The van der Waals surface area contributed by atoms with Crippen LogP contribution in [0.1, 0.15) is 16.0 Å². The monoisotopic (exact) mass is 602 g/mol. The number of aromatic nitrogens is 1. The Labute approximate surface area is 250 Å². The number of aromatic hydroxyl groups is 2. The van der Waals surface area contributed by atoms with Crippen LogP contribution in [-0.4, -0.2) is 94.6 Å². The number of nitrogens with one attached hydrogen (secondary N) is 2. The standard InChI is InChI=1S/C29H30N8O3S2/c38-22-4-1-19(2-5-22)16-24-26(39)33-28(41-24)30-7-9-36-11-13-37(14-12-36)10-8-31-29-34-27(40)25(42-29)17-20-3-6-23-21(15-20)18-32-35-23/h1-6,15-18,38,40H,7-14H2,(H,31,34)(H,30,33,39)/b20-17-,24-16-. The zero-order chi connectivity index (χ0) is 28.9. The number of phenolic OH excluding ortho intramolecular Hbond substituents is 1. The number of nitrogens with zero attached hydrogens (tertiary/aromatic N) is 6. The molecule has 3 aromatic rings. The summed E-state index contributed by atoms with van der Waals surface area (Å²) in [5, 5.41) is 37.1. The van der Waals surface area contributed by atoms with Crippen molar-refractivity contribution in [3.8, 4) is 11.6 Å². The molecule has 2 fully saturated rings. The number of aliphatic imine (C=N–C) groups is 1. The number of thiazole rings is 1. The van der Waals surface area contributed by atoms with Gasteiger partial charge in [0.1, 0.15) is 5.75 Å². The number of benzene rings is 2. The fraction of sp³-hybridized carbons (Fsp3) is 0.276. The summed E-state index contributed by atoms with van der Waals surface area (Å²) in [4.78, 5) is 27.3. The number of piperazine rings is 1. The van der Waals surface area contributed by atoms with E-state index in [4.69, 9.17) is 0 Å². The van der Waals surface area contributed by atoms with Gasteiger partial charge in [-0.15, -0.1) is 0 Å². The van der Waals surface area contributed by atoms with E-state index < -0.39 is 0 Å². The largest absolute Gasteiger partial charge is 0.508 e. The van der Waals surface area contributed by atoms with E-state index in [0.717, 1.165) is 67.5 Å². The van der Waals surface area contributed by atoms with Crippen molar-refractivity contribution in [2.24, 2.45) is 15.2 Å². The molecule has 3 aliphatic heterocycles. The van der Waals surface area contributed by atoms with Gasteiger partial charge in [-0.1, -0.05) is 29.5 Å². The van der Waals surface area contributed by atoms with Gasteiger partial charge in [0, 0.05) is 51.4 Å². The van der Waals surface area contributed by atoms with Gasteiger partial charge in [-0.05, 0) is 59.0 Å². The zero-order valence-corrected chi connectivity index (χ0v) is 24.4. The van der Waals surface area contributed by atoms with Crippen molar-refractivity contribution in [2.75, 3.05) is 57.7 Å². The molecule has 11 nitrogen and oxygen atoms in total. The Bertz CT molecular complexity index is 1680. The molecule has 0 saturated carbocycles. The Morgan fingerprint density at radius 2 is 1.81 bits per heavy atom.